The zero-order valence-electron chi connectivity index (χ0n) is 11.9. The molecule has 1 aromatic rings. The lowest BCUT2D eigenvalue weighted by atomic mass is 9.98. The number of fused-ring (bicyclic) bond motifs is 1. The van der Waals surface area contributed by atoms with Gasteiger partial charge >= 0.3 is 0 Å². The minimum atomic E-state index is 0.120. The highest BCUT2D eigenvalue weighted by Gasteiger charge is 2.42. The van der Waals surface area contributed by atoms with E-state index in [-0.39, 0.29) is 11.9 Å². The molecule has 0 radical (unpaired) electrons. The van der Waals surface area contributed by atoms with Gasteiger partial charge in [0, 0.05) is 24.7 Å². The molecule has 3 rings (SSSR count). The first-order valence-corrected chi connectivity index (χ1v) is 7.46. The molecule has 0 spiro atoms. The van der Waals surface area contributed by atoms with Gasteiger partial charge in [0.05, 0.1) is 6.61 Å². The van der Waals surface area contributed by atoms with E-state index in [1.165, 1.54) is 6.42 Å². The summed E-state index contributed by atoms with van der Waals surface area (Å²) in [6, 6.07) is 7.69. The number of hydrogen-bond acceptors (Lipinski definition) is 3. The number of benzene rings is 1. The van der Waals surface area contributed by atoms with Crippen molar-refractivity contribution in [3.8, 4) is 5.75 Å². The highest BCUT2D eigenvalue weighted by molar-refractivity contribution is 5.94. The molecule has 108 valence electrons. The Balaban J connectivity index is 1.67. The van der Waals surface area contributed by atoms with Crippen LogP contribution < -0.4 is 10.5 Å². The highest BCUT2D eigenvalue weighted by Crippen LogP contribution is 2.37. The van der Waals surface area contributed by atoms with Crippen molar-refractivity contribution in [2.45, 2.75) is 25.8 Å². The van der Waals surface area contributed by atoms with Crippen LogP contribution in [0.25, 0.3) is 0 Å². The van der Waals surface area contributed by atoms with Crippen LogP contribution in [-0.4, -0.2) is 36.5 Å². The average Bonchev–Trinajstić information content (AvgIpc) is 3.02. The van der Waals surface area contributed by atoms with E-state index in [4.69, 9.17) is 10.5 Å². The topological polar surface area (TPSA) is 55.6 Å². The second-order valence-electron chi connectivity index (χ2n) is 5.83. The number of rotatable bonds is 3. The number of carbonyl (C=O) groups excluding carboxylic acids is 1. The number of carbonyl (C=O) groups is 1. The molecule has 20 heavy (non-hydrogen) atoms. The Morgan fingerprint density at radius 2 is 2.05 bits per heavy atom. The fraction of sp³-hybridized carbons (Fsp3) is 0.562. The van der Waals surface area contributed by atoms with Gasteiger partial charge in [-0.05, 0) is 55.9 Å². The Labute approximate surface area is 119 Å². The SMILES string of the molecule is CCOc1ccc(C(=O)N2CC3CCC(N)C3C2)cc1. The van der Waals surface area contributed by atoms with Crippen LogP contribution in [0.5, 0.6) is 5.75 Å². The van der Waals surface area contributed by atoms with Gasteiger partial charge in [-0.2, -0.15) is 0 Å². The van der Waals surface area contributed by atoms with Gasteiger partial charge in [-0.15, -0.1) is 0 Å². The van der Waals surface area contributed by atoms with Gasteiger partial charge in [0.2, 0.25) is 0 Å². The van der Waals surface area contributed by atoms with Crippen molar-refractivity contribution in [2.75, 3.05) is 19.7 Å². The number of likely N-dealkylation sites (tertiary alicyclic amines) is 1. The maximum Gasteiger partial charge on any atom is 0.253 e. The van der Waals surface area contributed by atoms with Crippen LogP contribution in [0.15, 0.2) is 24.3 Å². The highest BCUT2D eigenvalue weighted by atomic mass is 16.5. The Kier molecular flexibility index (Phi) is 3.66. The van der Waals surface area contributed by atoms with Gasteiger partial charge in [-0.3, -0.25) is 4.79 Å². The average molecular weight is 274 g/mol. The fourth-order valence-corrected chi connectivity index (χ4v) is 3.52. The Morgan fingerprint density at radius 3 is 2.70 bits per heavy atom. The molecule has 4 heteroatoms. The minimum Gasteiger partial charge on any atom is -0.494 e. The smallest absolute Gasteiger partial charge is 0.253 e. The molecule has 1 saturated heterocycles. The summed E-state index contributed by atoms with van der Waals surface area (Å²) in [6.45, 7) is 4.27. The third-order valence-corrected chi connectivity index (χ3v) is 4.61. The van der Waals surface area contributed by atoms with Gasteiger partial charge in [-0.25, -0.2) is 0 Å². The molecule has 0 aromatic heterocycles. The molecule has 1 aliphatic carbocycles. The molecule has 1 heterocycles. The molecule has 2 N–H and O–H groups in total. The third kappa shape index (κ3) is 2.40. The second-order valence-corrected chi connectivity index (χ2v) is 5.83. The first-order valence-electron chi connectivity index (χ1n) is 7.46. The van der Waals surface area contributed by atoms with Gasteiger partial charge in [0.1, 0.15) is 5.75 Å². The first-order chi connectivity index (χ1) is 9.69. The van der Waals surface area contributed by atoms with Gasteiger partial charge < -0.3 is 15.4 Å². The first kappa shape index (κ1) is 13.4. The van der Waals surface area contributed by atoms with E-state index in [9.17, 15) is 4.79 Å². The largest absolute Gasteiger partial charge is 0.494 e. The number of nitrogens with two attached hydrogens (primary N) is 1. The van der Waals surface area contributed by atoms with Crippen molar-refractivity contribution >= 4 is 5.91 Å². The predicted molar refractivity (Wildman–Crippen MR) is 77.7 cm³/mol. The van der Waals surface area contributed by atoms with Crippen molar-refractivity contribution in [3.05, 3.63) is 29.8 Å². The number of nitrogens with zero attached hydrogens (tertiary/aromatic N) is 1. The monoisotopic (exact) mass is 274 g/mol. The molecule has 1 saturated carbocycles. The van der Waals surface area contributed by atoms with Gasteiger partial charge in [0.25, 0.3) is 5.91 Å². The Bertz CT molecular complexity index is 486. The number of amides is 1. The predicted octanol–water partition coefficient (Wildman–Crippen LogP) is 1.89. The molecular weight excluding hydrogens is 252 g/mol. The molecule has 0 bridgehead atoms. The summed E-state index contributed by atoms with van der Waals surface area (Å²) < 4.78 is 5.40. The van der Waals surface area contributed by atoms with E-state index in [0.717, 1.165) is 30.8 Å². The van der Waals surface area contributed by atoms with Crippen molar-refractivity contribution in [3.63, 3.8) is 0 Å². The van der Waals surface area contributed by atoms with Crippen LogP contribution in [0.2, 0.25) is 0 Å². The molecule has 1 aliphatic heterocycles. The van der Waals surface area contributed by atoms with Crippen LogP contribution in [-0.2, 0) is 0 Å². The molecule has 2 aliphatic rings. The number of hydrogen-bond donors (Lipinski definition) is 1. The van der Waals surface area contributed by atoms with Gasteiger partial charge in [-0.1, -0.05) is 0 Å². The van der Waals surface area contributed by atoms with Crippen molar-refractivity contribution in [2.24, 2.45) is 17.6 Å². The van der Waals surface area contributed by atoms with Gasteiger partial charge in [0.15, 0.2) is 0 Å². The zero-order valence-corrected chi connectivity index (χ0v) is 11.9. The maximum absolute atomic E-state index is 12.5. The summed E-state index contributed by atoms with van der Waals surface area (Å²) in [5, 5.41) is 0. The second kappa shape index (κ2) is 5.44. The van der Waals surface area contributed by atoms with Crippen molar-refractivity contribution in [1.29, 1.82) is 0 Å². The van der Waals surface area contributed by atoms with Crippen LogP contribution in [0.3, 0.4) is 0 Å². The van der Waals surface area contributed by atoms with E-state index in [2.05, 4.69) is 0 Å². The van der Waals surface area contributed by atoms with E-state index in [0.29, 0.717) is 18.4 Å². The Morgan fingerprint density at radius 1 is 1.30 bits per heavy atom. The summed E-state index contributed by atoms with van der Waals surface area (Å²) in [6.07, 6.45) is 2.28. The summed E-state index contributed by atoms with van der Waals surface area (Å²) >= 11 is 0. The quantitative estimate of drug-likeness (QED) is 0.916. The molecular formula is C16H22N2O2. The molecule has 2 fully saturated rings. The standard InChI is InChI=1S/C16H22N2O2/c1-2-20-13-6-3-11(4-7-13)16(19)18-9-12-5-8-15(17)14(12)10-18/h3-4,6-7,12,14-15H,2,5,8-10,17H2,1H3. The normalized spacial score (nSPS) is 28.5. The number of ether oxygens (including phenoxy) is 1. The van der Waals surface area contributed by atoms with E-state index < -0.39 is 0 Å². The maximum atomic E-state index is 12.5. The van der Waals surface area contributed by atoms with Crippen LogP contribution in [0.1, 0.15) is 30.1 Å². The molecule has 3 unspecified atom stereocenters. The fourth-order valence-electron chi connectivity index (χ4n) is 3.52. The minimum absolute atomic E-state index is 0.120. The summed E-state index contributed by atoms with van der Waals surface area (Å²) in [5.74, 6) is 2.04. The molecule has 1 aromatic carbocycles. The summed E-state index contributed by atoms with van der Waals surface area (Å²) in [4.78, 5) is 14.5. The lowest BCUT2D eigenvalue weighted by molar-refractivity contribution is 0.0779. The van der Waals surface area contributed by atoms with E-state index in [1.807, 2.05) is 36.1 Å². The third-order valence-electron chi connectivity index (χ3n) is 4.61. The Hall–Kier alpha value is -1.55. The van der Waals surface area contributed by atoms with Crippen molar-refractivity contribution in [1.82, 2.24) is 4.90 Å². The van der Waals surface area contributed by atoms with Crippen molar-refractivity contribution < 1.29 is 9.53 Å². The molecule has 1 amide bonds. The lowest BCUT2D eigenvalue weighted by Crippen LogP contribution is -2.33. The van der Waals surface area contributed by atoms with Crippen LogP contribution in [0, 0.1) is 11.8 Å². The molecule has 4 nitrogen and oxygen atoms in total. The molecule has 3 atom stereocenters. The van der Waals surface area contributed by atoms with Crippen LogP contribution in [0.4, 0.5) is 0 Å². The summed E-state index contributed by atoms with van der Waals surface area (Å²) in [7, 11) is 0. The van der Waals surface area contributed by atoms with E-state index >= 15 is 0 Å². The van der Waals surface area contributed by atoms with Crippen LogP contribution >= 0.6 is 0 Å². The van der Waals surface area contributed by atoms with E-state index in [1.54, 1.807) is 0 Å². The summed E-state index contributed by atoms with van der Waals surface area (Å²) in [5.41, 5.74) is 6.86. The lowest BCUT2D eigenvalue weighted by Gasteiger charge is -2.19. The zero-order chi connectivity index (χ0) is 14.1.